The number of hydrogen-bond acceptors (Lipinski definition) is 7. The van der Waals surface area contributed by atoms with Crippen LogP contribution in [0.4, 0.5) is 5.82 Å². The lowest BCUT2D eigenvalue weighted by molar-refractivity contribution is 0.104. The second-order valence-corrected chi connectivity index (χ2v) is 6.88. The highest BCUT2D eigenvalue weighted by molar-refractivity contribution is 7.99. The van der Waals surface area contributed by atoms with E-state index < -0.39 is 5.78 Å². The molecule has 5 nitrogen and oxygen atoms in total. The van der Waals surface area contributed by atoms with Crippen molar-refractivity contribution in [2.75, 3.05) is 5.73 Å². The van der Waals surface area contributed by atoms with Gasteiger partial charge in [0.05, 0.1) is 16.0 Å². The summed E-state index contributed by atoms with van der Waals surface area (Å²) >= 11 is 2.47. The van der Waals surface area contributed by atoms with Crippen molar-refractivity contribution >= 4 is 34.7 Å². The molecule has 7 heteroatoms. The van der Waals surface area contributed by atoms with Gasteiger partial charge in [0.2, 0.25) is 5.78 Å². The van der Waals surface area contributed by atoms with Gasteiger partial charge in [0.25, 0.3) is 0 Å². The number of thiophene rings is 1. The molecular formula is C18H10N4OS2. The van der Waals surface area contributed by atoms with Gasteiger partial charge < -0.3 is 5.73 Å². The largest absolute Gasteiger partial charge is 0.383 e. The van der Waals surface area contributed by atoms with Crippen LogP contribution in [0.1, 0.15) is 26.4 Å². The number of rotatable bonds is 4. The molecule has 2 aromatic heterocycles. The standard InChI is InChI=1S/C18H10N4OS2/c19-9-12-15(16(23)14-7-4-8-24-14)13(10-20)18(22-17(12)21)25-11-5-2-1-3-6-11/h1-8H,(H2,21,22). The number of aromatic nitrogens is 1. The van der Waals surface area contributed by atoms with E-state index in [4.69, 9.17) is 5.73 Å². The van der Waals surface area contributed by atoms with Crippen LogP contribution in [0.25, 0.3) is 0 Å². The summed E-state index contributed by atoms with van der Waals surface area (Å²) in [5.74, 6) is -0.452. The summed E-state index contributed by atoms with van der Waals surface area (Å²) in [5, 5.41) is 21.1. The molecule has 3 aromatic rings. The van der Waals surface area contributed by atoms with Crippen LogP contribution in [0.2, 0.25) is 0 Å². The normalized spacial score (nSPS) is 10.0. The Morgan fingerprint density at radius 3 is 2.40 bits per heavy atom. The zero-order valence-corrected chi connectivity index (χ0v) is 14.4. The van der Waals surface area contributed by atoms with Crippen LogP contribution in [0.3, 0.4) is 0 Å². The van der Waals surface area contributed by atoms with E-state index >= 15 is 0 Å². The first kappa shape index (κ1) is 16.7. The van der Waals surface area contributed by atoms with Gasteiger partial charge in [-0.25, -0.2) is 4.98 Å². The number of nitriles is 2. The lowest BCUT2D eigenvalue weighted by atomic mass is 9.99. The number of nitrogen functional groups attached to an aromatic ring is 1. The van der Waals surface area contributed by atoms with Crippen molar-refractivity contribution in [3.8, 4) is 12.1 Å². The number of hydrogen-bond donors (Lipinski definition) is 1. The van der Waals surface area contributed by atoms with E-state index in [9.17, 15) is 15.3 Å². The van der Waals surface area contributed by atoms with Gasteiger partial charge in [-0.3, -0.25) is 4.79 Å². The molecule has 0 unspecified atom stereocenters. The highest BCUT2D eigenvalue weighted by atomic mass is 32.2. The molecule has 2 heterocycles. The first-order chi connectivity index (χ1) is 12.2. The number of carbonyl (C=O) groups is 1. The van der Waals surface area contributed by atoms with E-state index in [-0.39, 0.29) is 22.5 Å². The van der Waals surface area contributed by atoms with Crippen molar-refractivity contribution < 1.29 is 4.79 Å². The smallest absolute Gasteiger partial charge is 0.205 e. The highest BCUT2D eigenvalue weighted by Crippen LogP contribution is 2.34. The Hall–Kier alpha value is -3.13. The lowest BCUT2D eigenvalue weighted by Gasteiger charge is -2.11. The molecule has 0 radical (unpaired) electrons. The van der Waals surface area contributed by atoms with Crippen molar-refractivity contribution in [2.45, 2.75) is 9.92 Å². The molecule has 25 heavy (non-hydrogen) atoms. The third-order valence-electron chi connectivity index (χ3n) is 3.35. The number of carbonyl (C=O) groups excluding carboxylic acids is 1. The third-order valence-corrected chi connectivity index (χ3v) is 5.21. The molecule has 0 saturated carbocycles. The van der Waals surface area contributed by atoms with Gasteiger partial charge in [-0.05, 0) is 23.6 Å². The monoisotopic (exact) mass is 362 g/mol. The third kappa shape index (κ3) is 3.24. The quantitative estimate of drug-likeness (QED) is 0.707. The molecule has 0 aliphatic heterocycles. The minimum absolute atomic E-state index is 0.0124. The molecule has 3 rings (SSSR count). The Morgan fingerprint density at radius 2 is 1.80 bits per heavy atom. The summed E-state index contributed by atoms with van der Waals surface area (Å²) in [6, 6.07) is 16.6. The van der Waals surface area contributed by atoms with Gasteiger partial charge in [-0.1, -0.05) is 36.0 Å². The number of nitrogens with two attached hydrogens (primary N) is 1. The molecule has 0 aliphatic rings. The van der Waals surface area contributed by atoms with Crippen LogP contribution in [-0.2, 0) is 0 Å². The highest BCUT2D eigenvalue weighted by Gasteiger charge is 2.25. The van der Waals surface area contributed by atoms with Gasteiger partial charge in [-0.15, -0.1) is 11.3 Å². The molecule has 0 fully saturated rings. The maximum Gasteiger partial charge on any atom is 0.205 e. The number of ketones is 1. The topological polar surface area (TPSA) is 104 Å². The molecule has 2 N–H and O–H groups in total. The summed E-state index contributed by atoms with van der Waals surface area (Å²) in [4.78, 5) is 18.3. The average Bonchev–Trinajstić information content (AvgIpc) is 3.16. The molecule has 0 bridgehead atoms. The molecule has 1 aromatic carbocycles. The van der Waals surface area contributed by atoms with Crippen molar-refractivity contribution in [1.82, 2.24) is 4.98 Å². The first-order valence-electron chi connectivity index (χ1n) is 7.10. The number of nitrogens with zero attached hydrogens (tertiary/aromatic N) is 3. The minimum atomic E-state index is -0.396. The maximum absolute atomic E-state index is 12.8. The SMILES string of the molecule is N#Cc1c(N)nc(Sc2ccccc2)c(C#N)c1C(=O)c1cccs1. The Morgan fingerprint density at radius 1 is 1.08 bits per heavy atom. The van der Waals surface area contributed by atoms with Gasteiger partial charge in [-0.2, -0.15) is 10.5 Å². The van der Waals surface area contributed by atoms with E-state index in [1.165, 1.54) is 23.1 Å². The number of anilines is 1. The van der Waals surface area contributed by atoms with Crippen molar-refractivity contribution in [2.24, 2.45) is 0 Å². The second-order valence-electron chi connectivity index (χ2n) is 4.87. The van der Waals surface area contributed by atoms with Gasteiger partial charge in [0.15, 0.2) is 0 Å². The van der Waals surface area contributed by atoms with Crippen LogP contribution in [-0.4, -0.2) is 10.8 Å². The number of pyridine rings is 1. The summed E-state index contributed by atoms with van der Waals surface area (Å²) in [5.41, 5.74) is 5.91. The second kappa shape index (κ2) is 7.18. The Kier molecular flexibility index (Phi) is 4.80. The van der Waals surface area contributed by atoms with E-state index in [1.807, 2.05) is 42.5 Å². The molecule has 0 aliphatic carbocycles. The Labute approximate surface area is 152 Å². The van der Waals surface area contributed by atoms with Crippen LogP contribution in [0, 0.1) is 22.7 Å². The fourth-order valence-corrected chi connectivity index (χ4v) is 3.81. The Balaban J connectivity index is 2.20. The molecule has 120 valence electrons. The van der Waals surface area contributed by atoms with Gasteiger partial charge in [0, 0.05) is 4.90 Å². The average molecular weight is 362 g/mol. The first-order valence-corrected chi connectivity index (χ1v) is 8.80. The number of benzene rings is 1. The van der Waals surface area contributed by atoms with E-state index in [1.54, 1.807) is 17.5 Å². The Bertz CT molecular complexity index is 1020. The predicted molar refractivity (Wildman–Crippen MR) is 96.4 cm³/mol. The fraction of sp³-hybridized carbons (Fsp3) is 0. The molecule has 0 saturated heterocycles. The van der Waals surface area contributed by atoms with Crippen molar-refractivity contribution in [3.05, 3.63) is 69.4 Å². The summed E-state index contributed by atoms with van der Waals surface area (Å²) < 4.78 is 0. The van der Waals surface area contributed by atoms with Crippen LogP contribution < -0.4 is 5.73 Å². The van der Waals surface area contributed by atoms with Gasteiger partial charge >= 0.3 is 0 Å². The predicted octanol–water partition coefficient (Wildman–Crippen LogP) is 3.85. The molecular weight excluding hydrogens is 352 g/mol. The molecule has 0 atom stereocenters. The minimum Gasteiger partial charge on any atom is -0.383 e. The fourth-order valence-electron chi connectivity index (χ4n) is 2.23. The molecule has 0 amide bonds. The van der Waals surface area contributed by atoms with Crippen molar-refractivity contribution in [1.29, 1.82) is 10.5 Å². The maximum atomic E-state index is 12.8. The van der Waals surface area contributed by atoms with E-state index in [0.717, 1.165) is 4.90 Å². The molecule has 0 spiro atoms. The van der Waals surface area contributed by atoms with Crippen LogP contribution >= 0.6 is 23.1 Å². The van der Waals surface area contributed by atoms with E-state index in [2.05, 4.69) is 4.98 Å². The zero-order valence-electron chi connectivity index (χ0n) is 12.8. The van der Waals surface area contributed by atoms with Crippen LogP contribution in [0.15, 0.2) is 57.8 Å². The summed E-state index contributed by atoms with van der Waals surface area (Å²) in [7, 11) is 0. The van der Waals surface area contributed by atoms with Crippen LogP contribution in [0.5, 0.6) is 0 Å². The summed E-state index contributed by atoms with van der Waals surface area (Å²) in [6.45, 7) is 0. The van der Waals surface area contributed by atoms with Crippen molar-refractivity contribution in [3.63, 3.8) is 0 Å². The summed E-state index contributed by atoms with van der Waals surface area (Å²) in [6.07, 6.45) is 0. The van der Waals surface area contributed by atoms with Gasteiger partial charge in [0.1, 0.15) is 28.5 Å². The zero-order chi connectivity index (χ0) is 17.8. The van der Waals surface area contributed by atoms with E-state index in [0.29, 0.717) is 9.90 Å². The lowest BCUT2D eigenvalue weighted by Crippen LogP contribution is -2.11.